The van der Waals surface area contributed by atoms with Crippen molar-refractivity contribution in [2.45, 2.75) is 33.1 Å². The van der Waals surface area contributed by atoms with Crippen LogP contribution in [-0.4, -0.2) is 6.54 Å². The number of hydrogen-bond acceptors (Lipinski definition) is 1. The van der Waals surface area contributed by atoms with Crippen LogP contribution in [0.3, 0.4) is 0 Å². The van der Waals surface area contributed by atoms with Gasteiger partial charge in [0.25, 0.3) is 0 Å². The summed E-state index contributed by atoms with van der Waals surface area (Å²) in [6.07, 6.45) is 3.23. The van der Waals surface area contributed by atoms with Gasteiger partial charge in [-0.05, 0) is 55.3 Å². The first-order valence-corrected chi connectivity index (χ1v) is 7.54. The second kappa shape index (κ2) is 7.25. The van der Waals surface area contributed by atoms with Crippen LogP contribution in [0.25, 0.3) is 0 Å². The van der Waals surface area contributed by atoms with Crippen LogP contribution in [-0.2, 0) is 19.3 Å². The minimum absolute atomic E-state index is 0.518. The van der Waals surface area contributed by atoms with Crippen molar-refractivity contribution >= 4 is 0 Å². The lowest BCUT2D eigenvalue weighted by Crippen LogP contribution is -2.19. The van der Waals surface area contributed by atoms with Crippen molar-refractivity contribution in [3.63, 3.8) is 0 Å². The first kappa shape index (κ1) is 14.8. The quantitative estimate of drug-likeness (QED) is 0.843. The molecule has 1 atom stereocenters. The van der Waals surface area contributed by atoms with Gasteiger partial charge >= 0.3 is 0 Å². The fourth-order valence-electron chi connectivity index (χ4n) is 2.66. The molecule has 0 saturated heterocycles. The molecule has 1 heteroatoms. The summed E-state index contributed by atoms with van der Waals surface area (Å²) in [4.78, 5) is 0. The molecule has 0 spiro atoms. The highest BCUT2D eigenvalue weighted by atomic mass is 14.5. The minimum Gasteiger partial charge on any atom is -0.330 e. The molecule has 0 saturated carbocycles. The molecule has 0 fully saturated rings. The van der Waals surface area contributed by atoms with Crippen molar-refractivity contribution in [3.05, 3.63) is 70.8 Å². The van der Waals surface area contributed by atoms with E-state index < -0.39 is 0 Å². The Hall–Kier alpha value is -1.60. The van der Waals surface area contributed by atoms with Crippen molar-refractivity contribution < 1.29 is 0 Å². The van der Waals surface area contributed by atoms with Gasteiger partial charge in [-0.15, -0.1) is 0 Å². The van der Waals surface area contributed by atoms with E-state index in [-0.39, 0.29) is 0 Å². The normalized spacial score (nSPS) is 12.3. The Labute approximate surface area is 122 Å². The van der Waals surface area contributed by atoms with Gasteiger partial charge in [0.2, 0.25) is 0 Å². The lowest BCUT2D eigenvalue weighted by atomic mass is 9.92. The summed E-state index contributed by atoms with van der Waals surface area (Å²) in [6.45, 7) is 5.07. The van der Waals surface area contributed by atoms with E-state index in [2.05, 4.69) is 62.4 Å². The zero-order chi connectivity index (χ0) is 14.4. The van der Waals surface area contributed by atoms with Crippen molar-refractivity contribution in [3.8, 4) is 0 Å². The molecule has 1 unspecified atom stereocenters. The number of aryl methyl sites for hydroxylation is 2. The summed E-state index contributed by atoms with van der Waals surface area (Å²) in [6, 6.07) is 17.7. The van der Waals surface area contributed by atoms with E-state index >= 15 is 0 Å². The fraction of sp³-hybridized carbons (Fsp3) is 0.368. The monoisotopic (exact) mass is 267 g/mol. The molecular weight excluding hydrogens is 242 g/mol. The fourth-order valence-corrected chi connectivity index (χ4v) is 2.66. The summed E-state index contributed by atoms with van der Waals surface area (Å²) in [5, 5.41) is 0. The van der Waals surface area contributed by atoms with Crippen LogP contribution in [0.4, 0.5) is 0 Å². The third kappa shape index (κ3) is 4.21. The van der Waals surface area contributed by atoms with Crippen molar-refractivity contribution in [2.24, 2.45) is 11.7 Å². The van der Waals surface area contributed by atoms with E-state index in [1.54, 1.807) is 0 Å². The summed E-state index contributed by atoms with van der Waals surface area (Å²) in [7, 11) is 0. The molecule has 0 bridgehead atoms. The number of rotatable bonds is 6. The van der Waals surface area contributed by atoms with Crippen LogP contribution in [0.1, 0.15) is 29.2 Å². The smallest absolute Gasteiger partial charge is 0.00425 e. The van der Waals surface area contributed by atoms with E-state index in [0.717, 1.165) is 25.8 Å². The van der Waals surface area contributed by atoms with Gasteiger partial charge < -0.3 is 5.73 Å². The van der Waals surface area contributed by atoms with Crippen molar-refractivity contribution in [1.29, 1.82) is 0 Å². The van der Waals surface area contributed by atoms with Crippen LogP contribution in [0, 0.1) is 12.8 Å². The molecule has 2 rings (SSSR count). The highest BCUT2D eigenvalue weighted by Crippen LogP contribution is 2.16. The van der Waals surface area contributed by atoms with Crippen LogP contribution < -0.4 is 5.73 Å². The topological polar surface area (TPSA) is 26.0 Å². The van der Waals surface area contributed by atoms with E-state index in [1.165, 1.54) is 22.3 Å². The molecule has 0 aliphatic heterocycles. The van der Waals surface area contributed by atoms with Gasteiger partial charge in [0.15, 0.2) is 0 Å². The molecule has 0 aliphatic rings. The van der Waals surface area contributed by atoms with Crippen LogP contribution >= 0.6 is 0 Å². The third-order valence-corrected chi connectivity index (χ3v) is 3.90. The Morgan fingerprint density at radius 1 is 0.900 bits per heavy atom. The molecular formula is C19H25N. The van der Waals surface area contributed by atoms with Crippen molar-refractivity contribution in [1.82, 2.24) is 0 Å². The van der Waals surface area contributed by atoms with Crippen LogP contribution in [0.5, 0.6) is 0 Å². The van der Waals surface area contributed by atoms with Gasteiger partial charge in [0, 0.05) is 0 Å². The Morgan fingerprint density at radius 3 is 2.15 bits per heavy atom. The highest BCUT2D eigenvalue weighted by Gasteiger charge is 2.09. The summed E-state index contributed by atoms with van der Waals surface area (Å²) < 4.78 is 0. The number of benzene rings is 2. The predicted octanol–water partition coefficient (Wildman–Crippen LogP) is 3.92. The second-order valence-corrected chi connectivity index (χ2v) is 5.67. The molecule has 106 valence electrons. The number of hydrogen-bond donors (Lipinski definition) is 1. The summed E-state index contributed by atoms with van der Waals surface area (Å²) in [5.74, 6) is 0.518. The Balaban J connectivity index is 2.01. The van der Waals surface area contributed by atoms with E-state index in [1.807, 2.05) is 0 Å². The van der Waals surface area contributed by atoms with Crippen LogP contribution in [0.15, 0.2) is 48.5 Å². The Kier molecular flexibility index (Phi) is 5.37. The lowest BCUT2D eigenvalue weighted by Gasteiger charge is -2.15. The zero-order valence-electron chi connectivity index (χ0n) is 12.6. The average molecular weight is 267 g/mol. The summed E-state index contributed by atoms with van der Waals surface area (Å²) in [5.41, 5.74) is 11.5. The second-order valence-electron chi connectivity index (χ2n) is 5.67. The maximum absolute atomic E-state index is 5.96. The Morgan fingerprint density at radius 2 is 1.55 bits per heavy atom. The minimum atomic E-state index is 0.518. The maximum atomic E-state index is 5.96. The first-order valence-electron chi connectivity index (χ1n) is 7.54. The molecule has 0 amide bonds. The van der Waals surface area contributed by atoms with Crippen molar-refractivity contribution in [2.75, 3.05) is 6.54 Å². The molecule has 2 aromatic carbocycles. The molecule has 0 radical (unpaired) electrons. The highest BCUT2D eigenvalue weighted by molar-refractivity contribution is 5.25. The molecule has 1 nitrogen and oxygen atoms in total. The van der Waals surface area contributed by atoms with Gasteiger partial charge in [-0.1, -0.05) is 61.0 Å². The van der Waals surface area contributed by atoms with E-state index in [9.17, 15) is 0 Å². The maximum Gasteiger partial charge on any atom is -0.00425 e. The van der Waals surface area contributed by atoms with Gasteiger partial charge in [0.05, 0.1) is 0 Å². The van der Waals surface area contributed by atoms with Gasteiger partial charge in [-0.2, -0.15) is 0 Å². The number of nitrogens with two attached hydrogens (primary N) is 1. The largest absolute Gasteiger partial charge is 0.330 e. The Bertz CT molecular complexity index is 528. The predicted molar refractivity (Wildman–Crippen MR) is 87.0 cm³/mol. The zero-order valence-corrected chi connectivity index (χ0v) is 12.6. The molecule has 2 aromatic rings. The molecule has 0 aromatic heterocycles. The molecule has 0 aliphatic carbocycles. The van der Waals surface area contributed by atoms with Gasteiger partial charge in [-0.3, -0.25) is 0 Å². The first-order chi connectivity index (χ1) is 9.71. The van der Waals surface area contributed by atoms with Gasteiger partial charge in [0.1, 0.15) is 0 Å². The molecule has 20 heavy (non-hydrogen) atoms. The molecule has 2 N–H and O–H groups in total. The van der Waals surface area contributed by atoms with Gasteiger partial charge in [-0.25, -0.2) is 0 Å². The molecule has 0 heterocycles. The van der Waals surface area contributed by atoms with Crippen LogP contribution in [0.2, 0.25) is 0 Å². The SMILES string of the molecule is CCc1ccc(CC(CN)Cc2cccc(C)c2)cc1. The third-order valence-electron chi connectivity index (χ3n) is 3.90. The van der Waals surface area contributed by atoms with E-state index in [4.69, 9.17) is 5.73 Å². The van der Waals surface area contributed by atoms with E-state index in [0.29, 0.717) is 5.92 Å². The standard InChI is InChI=1S/C19H25N/c1-3-16-7-9-17(10-8-16)12-19(14-20)13-18-6-4-5-15(2)11-18/h4-11,19H,3,12-14,20H2,1-2H3. The lowest BCUT2D eigenvalue weighted by molar-refractivity contribution is 0.533. The summed E-state index contributed by atoms with van der Waals surface area (Å²) >= 11 is 0. The average Bonchev–Trinajstić information content (AvgIpc) is 2.47.